The Hall–Kier alpha value is -2.98. The Bertz CT molecular complexity index is 960. The van der Waals surface area contributed by atoms with Crippen LogP contribution in [0.5, 0.6) is 11.5 Å². The largest absolute Gasteiger partial charge is 0.490 e. The highest BCUT2D eigenvalue weighted by molar-refractivity contribution is 7.19. The molecular formula is C19H14F2N2O2S. The molecule has 26 heavy (non-hydrogen) atoms. The van der Waals surface area contributed by atoms with Crippen molar-refractivity contribution in [3.63, 3.8) is 0 Å². The van der Waals surface area contributed by atoms with Gasteiger partial charge in [-0.15, -0.1) is 11.3 Å². The molecule has 3 rings (SSSR count). The second-order valence-electron chi connectivity index (χ2n) is 5.14. The molecule has 0 aliphatic carbocycles. The molecule has 3 aromatic rings. The van der Waals surface area contributed by atoms with E-state index in [2.05, 4.69) is 15.8 Å². The normalized spacial score (nSPS) is 11.6. The lowest BCUT2D eigenvalue weighted by atomic mass is 10.1. The lowest BCUT2D eigenvalue weighted by Gasteiger charge is -2.13. The summed E-state index contributed by atoms with van der Waals surface area (Å²) in [6.45, 7) is -0.955. The van der Waals surface area contributed by atoms with E-state index in [1.54, 1.807) is 25.1 Å². The number of ether oxygens (including phenoxy) is 2. The minimum atomic E-state index is -3.00. The Morgan fingerprint density at radius 2 is 2.08 bits per heavy atom. The standard InChI is InChI=1S/C19H14F2N2O2S/c1-2-24-15-8-5-6-12(17(15)25-19(20)21)10-13(11-22)18-23-14-7-3-4-9-16(14)26-18/h3-10,19H,2H2,1H3/b13-10+. The number of aromatic nitrogens is 1. The van der Waals surface area contributed by atoms with Gasteiger partial charge in [0.15, 0.2) is 11.5 Å². The summed E-state index contributed by atoms with van der Waals surface area (Å²) in [5.41, 5.74) is 1.37. The second-order valence-corrected chi connectivity index (χ2v) is 6.17. The van der Waals surface area contributed by atoms with Crippen molar-refractivity contribution in [2.24, 2.45) is 0 Å². The van der Waals surface area contributed by atoms with Crippen molar-refractivity contribution in [1.29, 1.82) is 5.26 Å². The number of nitrogens with zero attached hydrogens (tertiary/aromatic N) is 2. The number of benzene rings is 2. The van der Waals surface area contributed by atoms with Crippen LogP contribution in [0.2, 0.25) is 0 Å². The summed E-state index contributed by atoms with van der Waals surface area (Å²) in [5, 5.41) is 10.1. The van der Waals surface area contributed by atoms with Gasteiger partial charge in [0.1, 0.15) is 11.1 Å². The molecule has 0 bridgehead atoms. The maximum absolute atomic E-state index is 12.8. The molecule has 1 heterocycles. The average Bonchev–Trinajstić information content (AvgIpc) is 3.05. The van der Waals surface area contributed by atoms with Gasteiger partial charge >= 0.3 is 6.61 Å². The first-order chi connectivity index (χ1) is 12.6. The van der Waals surface area contributed by atoms with Crippen molar-refractivity contribution in [2.45, 2.75) is 13.5 Å². The zero-order valence-corrected chi connectivity index (χ0v) is 14.6. The Balaban J connectivity index is 2.08. The molecule has 0 saturated heterocycles. The molecule has 0 fully saturated rings. The Kier molecular flexibility index (Phi) is 5.44. The van der Waals surface area contributed by atoms with Crippen LogP contribution in [0, 0.1) is 11.3 Å². The van der Waals surface area contributed by atoms with Gasteiger partial charge in [0.25, 0.3) is 0 Å². The molecule has 2 aromatic carbocycles. The number of thiazole rings is 1. The number of rotatable bonds is 6. The first-order valence-electron chi connectivity index (χ1n) is 7.80. The van der Waals surface area contributed by atoms with Gasteiger partial charge in [0, 0.05) is 5.56 Å². The topological polar surface area (TPSA) is 55.1 Å². The molecule has 4 nitrogen and oxygen atoms in total. The smallest absolute Gasteiger partial charge is 0.387 e. The van der Waals surface area contributed by atoms with E-state index < -0.39 is 6.61 Å². The molecule has 7 heteroatoms. The maximum Gasteiger partial charge on any atom is 0.387 e. The summed E-state index contributed by atoms with van der Waals surface area (Å²) in [7, 11) is 0. The van der Waals surface area contributed by atoms with E-state index in [1.807, 2.05) is 24.3 Å². The molecule has 1 aromatic heterocycles. The van der Waals surface area contributed by atoms with Gasteiger partial charge in [-0.2, -0.15) is 14.0 Å². The van der Waals surface area contributed by atoms with E-state index in [4.69, 9.17) is 4.74 Å². The number of para-hydroxylation sites is 2. The van der Waals surface area contributed by atoms with Crippen molar-refractivity contribution >= 4 is 33.2 Å². The van der Waals surface area contributed by atoms with Crippen LogP contribution in [0.3, 0.4) is 0 Å². The molecule has 0 aliphatic rings. The van der Waals surface area contributed by atoms with E-state index in [-0.39, 0.29) is 17.1 Å². The fourth-order valence-electron chi connectivity index (χ4n) is 2.42. The predicted octanol–water partition coefficient (Wildman–Crippen LogP) is 5.36. The van der Waals surface area contributed by atoms with Gasteiger partial charge in [-0.05, 0) is 31.2 Å². The van der Waals surface area contributed by atoms with E-state index in [9.17, 15) is 14.0 Å². The van der Waals surface area contributed by atoms with Crippen LogP contribution in [-0.2, 0) is 0 Å². The molecule has 0 atom stereocenters. The summed E-state index contributed by atoms with van der Waals surface area (Å²) in [6.07, 6.45) is 1.48. The highest BCUT2D eigenvalue weighted by Gasteiger charge is 2.16. The Morgan fingerprint density at radius 1 is 1.27 bits per heavy atom. The number of nitriles is 1. The fraction of sp³-hybridized carbons (Fsp3) is 0.158. The third-order valence-electron chi connectivity index (χ3n) is 3.46. The van der Waals surface area contributed by atoms with E-state index in [0.29, 0.717) is 17.2 Å². The monoisotopic (exact) mass is 372 g/mol. The lowest BCUT2D eigenvalue weighted by Crippen LogP contribution is -2.06. The zero-order valence-electron chi connectivity index (χ0n) is 13.8. The third-order valence-corrected chi connectivity index (χ3v) is 4.53. The summed E-state index contributed by atoms with van der Waals surface area (Å²) >= 11 is 1.36. The van der Waals surface area contributed by atoms with Crippen LogP contribution in [0.15, 0.2) is 42.5 Å². The Labute approximate surface area is 152 Å². The van der Waals surface area contributed by atoms with Gasteiger partial charge in [-0.25, -0.2) is 4.98 Å². The molecule has 0 radical (unpaired) electrons. The maximum atomic E-state index is 12.8. The number of halogens is 2. The average molecular weight is 372 g/mol. The number of allylic oxidation sites excluding steroid dienone is 1. The predicted molar refractivity (Wildman–Crippen MR) is 97.3 cm³/mol. The van der Waals surface area contributed by atoms with Crippen LogP contribution < -0.4 is 9.47 Å². The number of fused-ring (bicyclic) bond motifs is 1. The van der Waals surface area contributed by atoms with Crippen LogP contribution >= 0.6 is 11.3 Å². The fourth-order valence-corrected chi connectivity index (χ4v) is 3.35. The van der Waals surface area contributed by atoms with Crippen molar-refractivity contribution in [1.82, 2.24) is 4.98 Å². The van der Waals surface area contributed by atoms with Crippen LogP contribution in [0.4, 0.5) is 8.78 Å². The number of alkyl halides is 2. The highest BCUT2D eigenvalue weighted by Crippen LogP contribution is 2.36. The minimum Gasteiger partial charge on any atom is -0.490 e. The SMILES string of the molecule is CCOc1cccc(/C=C(\C#N)c2nc3ccccc3s2)c1OC(F)F. The highest BCUT2D eigenvalue weighted by atomic mass is 32.1. The van der Waals surface area contributed by atoms with Gasteiger partial charge in [0.05, 0.1) is 22.4 Å². The van der Waals surface area contributed by atoms with Crippen LogP contribution in [0.25, 0.3) is 21.9 Å². The molecule has 0 aliphatic heterocycles. The summed E-state index contributed by atoms with van der Waals surface area (Å²) in [5.74, 6) is 0.0985. The van der Waals surface area contributed by atoms with Crippen molar-refractivity contribution in [3.8, 4) is 17.6 Å². The van der Waals surface area contributed by atoms with Crippen molar-refractivity contribution < 1.29 is 18.3 Å². The first-order valence-corrected chi connectivity index (χ1v) is 8.62. The van der Waals surface area contributed by atoms with Gasteiger partial charge in [-0.3, -0.25) is 0 Å². The summed E-state index contributed by atoms with van der Waals surface area (Å²) in [6, 6.07) is 14.4. The molecule has 0 N–H and O–H groups in total. The molecule has 0 unspecified atom stereocenters. The Morgan fingerprint density at radius 3 is 2.77 bits per heavy atom. The minimum absolute atomic E-state index is 0.0989. The van der Waals surface area contributed by atoms with E-state index >= 15 is 0 Å². The molecule has 132 valence electrons. The first kappa shape index (κ1) is 17.8. The van der Waals surface area contributed by atoms with E-state index in [1.165, 1.54) is 17.4 Å². The number of hydrogen-bond donors (Lipinski definition) is 0. The zero-order chi connectivity index (χ0) is 18.5. The quantitative estimate of drug-likeness (QED) is 0.547. The molecule has 0 spiro atoms. The molecular weight excluding hydrogens is 358 g/mol. The number of hydrogen-bond acceptors (Lipinski definition) is 5. The lowest BCUT2D eigenvalue weighted by molar-refractivity contribution is -0.0515. The molecule has 0 saturated carbocycles. The summed E-state index contributed by atoms with van der Waals surface area (Å²) < 4.78 is 36.6. The van der Waals surface area contributed by atoms with E-state index in [0.717, 1.165) is 10.2 Å². The van der Waals surface area contributed by atoms with Gasteiger partial charge in [-0.1, -0.05) is 24.3 Å². The van der Waals surface area contributed by atoms with Gasteiger partial charge in [0.2, 0.25) is 0 Å². The van der Waals surface area contributed by atoms with Crippen LogP contribution in [-0.4, -0.2) is 18.2 Å². The second kappa shape index (κ2) is 7.93. The van der Waals surface area contributed by atoms with Crippen LogP contribution in [0.1, 0.15) is 17.5 Å². The van der Waals surface area contributed by atoms with Crippen molar-refractivity contribution in [2.75, 3.05) is 6.61 Å². The van der Waals surface area contributed by atoms with Crippen molar-refractivity contribution in [3.05, 3.63) is 53.0 Å². The third kappa shape index (κ3) is 3.81. The summed E-state index contributed by atoms with van der Waals surface area (Å²) in [4.78, 5) is 4.44. The van der Waals surface area contributed by atoms with Gasteiger partial charge < -0.3 is 9.47 Å². The molecule has 0 amide bonds.